The first kappa shape index (κ1) is 20.5. The maximum atomic E-state index is 12.8. The molecule has 2 fully saturated rings. The van der Waals surface area contributed by atoms with Crippen molar-refractivity contribution in [3.8, 4) is 6.07 Å². The highest BCUT2D eigenvalue weighted by Gasteiger charge is 2.32. The molecule has 8 heteroatoms. The molecule has 0 unspecified atom stereocenters. The SMILES string of the molecule is C[C@@H]1CNC[C@H](CNC(=O)[C@H]2CN(c3ccc(C#N)c4ncccc34)C[C@@H](C)O2)O1. The number of nitriles is 1. The van der Waals surface area contributed by atoms with Gasteiger partial charge in [0.05, 0.1) is 35.9 Å². The average molecular weight is 409 g/mol. The summed E-state index contributed by atoms with van der Waals surface area (Å²) >= 11 is 0. The van der Waals surface area contributed by atoms with Gasteiger partial charge in [-0.3, -0.25) is 9.78 Å². The van der Waals surface area contributed by atoms with Crippen LogP contribution in [0.1, 0.15) is 19.4 Å². The van der Waals surface area contributed by atoms with E-state index in [-0.39, 0.29) is 24.2 Å². The summed E-state index contributed by atoms with van der Waals surface area (Å²) in [5.41, 5.74) is 2.17. The van der Waals surface area contributed by atoms with Crippen molar-refractivity contribution in [2.75, 3.05) is 37.6 Å². The highest BCUT2D eigenvalue weighted by atomic mass is 16.5. The predicted octanol–water partition coefficient (Wildman–Crippen LogP) is 1.19. The molecule has 30 heavy (non-hydrogen) atoms. The Labute approximate surface area is 176 Å². The fourth-order valence-corrected chi connectivity index (χ4v) is 4.14. The van der Waals surface area contributed by atoms with E-state index in [0.717, 1.165) is 24.2 Å². The van der Waals surface area contributed by atoms with Crippen molar-refractivity contribution in [3.05, 3.63) is 36.0 Å². The van der Waals surface area contributed by atoms with Crippen LogP contribution in [0.4, 0.5) is 5.69 Å². The smallest absolute Gasteiger partial charge is 0.251 e. The number of aromatic nitrogens is 1. The van der Waals surface area contributed by atoms with Gasteiger partial charge in [0, 0.05) is 43.4 Å². The van der Waals surface area contributed by atoms with Gasteiger partial charge in [-0.2, -0.15) is 5.26 Å². The first-order chi connectivity index (χ1) is 14.5. The summed E-state index contributed by atoms with van der Waals surface area (Å²) in [7, 11) is 0. The Hall–Kier alpha value is -2.73. The van der Waals surface area contributed by atoms with Gasteiger partial charge in [0.2, 0.25) is 0 Å². The molecule has 4 rings (SSSR count). The molecule has 0 bridgehead atoms. The van der Waals surface area contributed by atoms with Crippen LogP contribution in [0.5, 0.6) is 0 Å². The van der Waals surface area contributed by atoms with Gasteiger partial charge < -0.3 is 25.0 Å². The summed E-state index contributed by atoms with van der Waals surface area (Å²) in [6.07, 6.45) is 1.10. The number of hydrogen-bond acceptors (Lipinski definition) is 7. The Morgan fingerprint density at radius 1 is 1.27 bits per heavy atom. The lowest BCUT2D eigenvalue weighted by molar-refractivity contribution is -0.138. The number of benzene rings is 1. The van der Waals surface area contributed by atoms with Crippen LogP contribution in [-0.2, 0) is 14.3 Å². The Balaban J connectivity index is 1.48. The Bertz CT molecular complexity index is 959. The zero-order valence-corrected chi connectivity index (χ0v) is 17.3. The van der Waals surface area contributed by atoms with Gasteiger partial charge in [-0.15, -0.1) is 0 Å². The molecule has 2 saturated heterocycles. The Kier molecular flexibility index (Phi) is 6.13. The molecule has 2 aliphatic heterocycles. The third kappa shape index (κ3) is 4.38. The summed E-state index contributed by atoms with van der Waals surface area (Å²) in [5.74, 6) is -0.135. The Morgan fingerprint density at radius 2 is 2.13 bits per heavy atom. The first-order valence-corrected chi connectivity index (χ1v) is 10.4. The number of fused-ring (bicyclic) bond motifs is 1. The number of nitrogens with one attached hydrogen (secondary N) is 2. The topological polar surface area (TPSA) is 99.5 Å². The van der Waals surface area contributed by atoms with Crippen molar-refractivity contribution >= 4 is 22.5 Å². The molecule has 2 N–H and O–H groups in total. The van der Waals surface area contributed by atoms with Crippen molar-refractivity contribution < 1.29 is 14.3 Å². The second kappa shape index (κ2) is 8.96. The number of morpholine rings is 2. The number of anilines is 1. The standard InChI is InChI=1S/C22H27N5O3/c1-14-9-24-10-17(29-14)11-26-22(28)20-13-27(12-15(2)30-20)19-6-5-16(8-23)21-18(19)4-3-7-25-21/h3-7,14-15,17,20,24H,9-13H2,1-2H3,(H,26,28)/t14-,15-,17-,20-/m1/s1. The molecule has 0 saturated carbocycles. The summed E-state index contributed by atoms with van der Waals surface area (Å²) in [6.45, 7) is 7.08. The first-order valence-electron chi connectivity index (χ1n) is 10.4. The van der Waals surface area contributed by atoms with E-state index in [0.29, 0.717) is 30.7 Å². The van der Waals surface area contributed by atoms with E-state index in [1.807, 2.05) is 32.0 Å². The van der Waals surface area contributed by atoms with Crippen molar-refractivity contribution in [2.24, 2.45) is 0 Å². The number of pyridine rings is 1. The van der Waals surface area contributed by atoms with Crippen molar-refractivity contribution in [1.82, 2.24) is 15.6 Å². The second-order valence-electron chi connectivity index (χ2n) is 7.96. The van der Waals surface area contributed by atoms with E-state index in [4.69, 9.17) is 9.47 Å². The largest absolute Gasteiger partial charge is 0.371 e. The maximum Gasteiger partial charge on any atom is 0.251 e. The van der Waals surface area contributed by atoms with E-state index in [1.54, 1.807) is 12.3 Å². The van der Waals surface area contributed by atoms with Crippen LogP contribution in [0.25, 0.3) is 10.9 Å². The molecule has 4 atom stereocenters. The number of hydrogen-bond donors (Lipinski definition) is 2. The fraction of sp³-hybridized carbons (Fsp3) is 0.500. The normalized spacial score (nSPS) is 26.9. The number of nitrogens with zero attached hydrogens (tertiary/aromatic N) is 3. The van der Waals surface area contributed by atoms with Gasteiger partial charge in [0.1, 0.15) is 6.07 Å². The molecule has 0 spiro atoms. The van der Waals surface area contributed by atoms with Crippen LogP contribution in [0.15, 0.2) is 30.5 Å². The van der Waals surface area contributed by atoms with E-state index in [1.165, 1.54) is 0 Å². The minimum atomic E-state index is -0.579. The molecule has 1 amide bonds. The molecule has 3 heterocycles. The van der Waals surface area contributed by atoms with Gasteiger partial charge >= 0.3 is 0 Å². The number of ether oxygens (including phenoxy) is 2. The molecule has 8 nitrogen and oxygen atoms in total. The number of carbonyl (C=O) groups excluding carboxylic acids is 1. The van der Waals surface area contributed by atoms with E-state index >= 15 is 0 Å². The lowest BCUT2D eigenvalue weighted by Crippen LogP contribution is -2.55. The molecular formula is C22H27N5O3. The average Bonchev–Trinajstić information content (AvgIpc) is 2.76. The molecule has 1 aromatic carbocycles. The van der Waals surface area contributed by atoms with Crippen molar-refractivity contribution in [3.63, 3.8) is 0 Å². The minimum Gasteiger partial charge on any atom is -0.371 e. The maximum absolute atomic E-state index is 12.8. The molecule has 0 aliphatic carbocycles. The number of amides is 1. The van der Waals surface area contributed by atoms with Crippen LogP contribution in [0.2, 0.25) is 0 Å². The Morgan fingerprint density at radius 3 is 2.93 bits per heavy atom. The van der Waals surface area contributed by atoms with Gasteiger partial charge in [0.15, 0.2) is 6.10 Å². The third-order valence-corrected chi connectivity index (χ3v) is 5.49. The highest BCUT2D eigenvalue weighted by molar-refractivity contribution is 5.95. The van der Waals surface area contributed by atoms with Crippen molar-refractivity contribution in [2.45, 2.75) is 38.3 Å². The quantitative estimate of drug-likeness (QED) is 0.783. The van der Waals surface area contributed by atoms with Crippen LogP contribution >= 0.6 is 0 Å². The highest BCUT2D eigenvalue weighted by Crippen LogP contribution is 2.30. The number of carbonyl (C=O) groups is 1. The lowest BCUT2D eigenvalue weighted by atomic mass is 10.1. The van der Waals surface area contributed by atoms with Crippen LogP contribution < -0.4 is 15.5 Å². The molecular weight excluding hydrogens is 382 g/mol. The summed E-state index contributed by atoms with van der Waals surface area (Å²) in [4.78, 5) is 19.3. The third-order valence-electron chi connectivity index (χ3n) is 5.49. The minimum absolute atomic E-state index is 0.0386. The van der Waals surface area contributed by atoms with Gasteiger partial charge in [-0.25, -0.2) is 0 Å². The number of rotatable bonds is 4. The lowest BCUT2D eigenvalue weighted by Gasteiger charge is -2.38. The second-order valence-corrected chi connectivity index (χ2v) is 7.96. The zero-order chi connectivity index (χ0) is 21.1. The molecule has 1 aromatic heterocycles. The summed E-state index contributed by atoms with van der Waals surface area (Å²) in [5, 5.41) is 16.6. The molecule has 0 radical (unpaired) electrons. The van der Waals surface area contributed by atoms with Gasteiger partial charge in [-0.05, 0) is 38.1 Å². The van der Waals surface area contributed by atoms with E-state index in [2.05, 4.69) is 26.6 Å². The molecule has 2 aromatic rings. The van der Waals surface area contributed by atoms with Gasteiger partial charge in [0.25, 0.3) is 5.91 Å². The molecule has 2 aliphatic rings. The molecule has 158 valence electrons. The van der Waals surface area contributed by atoms with Crippen LogP contribution in [0, 0.1) is 11.3 Å². The van der Waals surface area contributed by atoms with Crippen LogP contribution in [0.3, 0.4) is 0 Å². The van der Waals surface area contributed by atoms with Crippen LogP contribution in [-0.4, -0.2) is 68.0 Å². The monoisotopic (exact) mass is 409 g/mol. The van der Waals surface area contributed by atoms with Gasteiger partial charge in [-0.1, -0.05) is 0 Å². The van der Waals surface area contributed by atoms with E-state index in [9.17, 15) is 10.1 Å². The zero-order valence-electron chi connectivity index (χ0n) is 17.3. The summed E-state index contributed by atoms with van der Waals surface area (Å²) < 4.78 is 11.8. The fourth-order valence-electron chi connectivity index (χ4n) is 4.14. The van der Waals surface area contributed by atoms with Crippen molar-refractivity contribution in [1.29, 1.82) is 5.26 Å². The van der Waals surface area contributed by atoms with E-state index < -0.39 is 6.10 Å². The predicted molar refractivity (Wildman–Crippen MR) is 113 cm³/mol. The summed E-state index contributed by atoms with van der Waals surface area (Å²) in [6, 6.07) is 9.74.